The van der Waals surface area contributed by atoms with Crippen LogP contribution in [-0.4, -0.2) is 5.25 Å². The molecule has 232 valence electrons. The summed E-state index contributed by atoms with van der Waals surface area (Å²) in [6, 6.07) is 51.0. The number of para-hydroxylation sites is 3. The fourth-order valence-corrected chi connectivity index (χ4v) is 7.63. The maximum Gasteiger partial charge on any atom is 0.137 e. The second-order valence-corrected chi connectivity index (χ2v) is 14.1. The van der Waals surface area contributed by atoms with Gasteiger partial charge in [0, 0.05) is 66.6 Å². The Morgan fingerprint density at radius 1 is 0.500 bits per heavy atom. The lowest BCUT2D eigenvalue weighted by molar-refractivity contribution is 0.669. The Bertz CT molecular complexity index is 2600. The van der Waals surface area contributed by atoms with Crippen LogP contribution in [-0.2, 0) is 0 Å². The van der Waals surface area contributed by atoms with E-state index in [9.17, 15) is 0 Å². The van der Waals surface area contributed by atoms with Gasteiger partial charge in [-0.1, -0.05) is 62.4 Å². The van der Waals surface area contributed by atoms with Crippen molar-refractivity contribution in [1.29, 1.82) is 0 Å². The van der Waals surface area contributed by atoms with E-state index >= 15 is 0 Å². The van der Waals surface area contributed by atoms with Crippen molar-refractivity contribution in [3.8, 4) is 0 Å². The van der Waals surface area contributed by atoms with Gasteiger partial charge in [0.25, 0.3) is 0 Å². The van der Waals surface area contributed by atoms with Gasteiger partial charge in [0.15, 0.2) is 0 Å². The molecular weight excluding hydrogens is 609 g/mol. The first-order chi connectivity index (χ1) is 23.6. The molecule has 0 atom stereocenters. The second kappa shape index (κ2) is 11.5. The molecule has 9 aromatic rings. The highest BCUT2D eigenvalue weighted by molar-refractivity contribution is 8.00. The number of hydrogen-bond donors (Lipinski definition) is 1. The number of benzene rings is 7. The van der Waals surface area contributed by atoms with Crippen LogP contribution in [0.25, 0.3) is 54.6 Å². The van der Waals surface area contributed by atoms with Crippen molar-refractivity contribution in [3.63, 3.8) is 0 Å². The van der Waals surface area contributed by atoms with Gasteiger partial charge in [-0.2, -0.15) is 0 Å². The zero-order valence-corrected chi connectivity index (χ0v) is 27.4. The highest BCUT2D eigenvalue weighted by Gasteiger charge is 2.19. The maximum atomic E-state index is 6.59. The molecule has 0 aliphatic carbocycles. The summed E-state index contributed by atoms with van der Waals surface area (Å²) >= 11 is 1.88. The second-order valence-electron chi connectivity index (χ2n) is 12.4. The summed E-state index contributed by atoms with van der Waals surface area (Å²) in [6.45, 7) is 4.47. The van der Waals surface area contributed by atoms with E-state index in [-0.39, 0.29) is 0 Å². The fraction of sp³-hybridized carbons (Fsp3) is 0.0698. The predicted molar refractivity (Wildman–Crippen MR) is 204 cm³/mol. The van der Waals surface area contributed by atoms with Gasteiger partial charge in [0.05, 0.1) is 5.69 Å². The van der Waals surface area contributed by atoms with Crippen LogP contribution in [0.3, 0.4) is 0 Å². The first kappa shape index (κ1) is 28.6. The average Bonchev–Trinajstić information content (AvgIpc) is 3.64. The monoisotopic (exact) mass is 640 g/mol. The van der Waals surface area contributed by atoms with Crippen LogP contribution in [0.5, 0.6) is 0 Å². The molecule has 0 unspecified atom stereocenters. The summed E-state index contributed by atoms with van der Waals surface area (Å²) in [5.74, 6) is 0. The molecule has 0 amide bonds. The summed E-state index contributed by atoms with van der Waals surface area (Å²) in [5.41, 5.74) is 8.80. The zero-order valence-electron chi connectivity index (χ0n) is 26.6. The van der Waals surface area contributed by atoms with Gasteiger partial charge in [0.1, 0.15) is 22.3 Å². The van der Waals surface area contributed by atoms with Gasteiger partial charge < -0.3 is 19.1 Å². The van der Waals surface area contributed by atoms with E-state index in [4.69, 9.17) is 8.83 Å². The first-order valence-corrected chi connectivity index (χ1v) is 17.1. The smallest absolute Gasteiger partial charge is 0.137 e. The maximum absolute atomic E-state index is 6.59. The molecule has 2 aromatic heterocycles. The number of thioether (sulfide) groups is 1. The van der Waals surface area contributed by atoms with Gasteiger partial charge in [-0.15, -0.1) is 11.8 Å². The minimum absolute atomic E-state index is 0.463. The van der Waals surface area contributed by atoms with E-state index < -0.39 is 0 Å². The third kappa shape index (κ3) is 5.04. The van der Waals surface area contributed by atoms with Gasteiger partial charge in [-0.05, 0) is 95.7 Å². The van der Waals surface area contributed by atoms with Crippen LogP contribution >= 0.6 is 11.8 Å². The molecule has 7 aromatic carbocycles. The van der Waals surface area contributed by atoms with E-state index in [0.717, 1.165) is 83.1 Å². The third-order valence-corrected chi connectivity index (χ3v) is 9.88. The van der Waals surface area contributed by atoms with Gasteiger partial charge in [-0.3, -0.25) is 0 Å². The normalized spacial score (nSPS) is 11.8. The fourth-order valence-electron chi connectivity index (χ4n) is 6.69. The van der Waals surface area contributed by atoms with Crippen LogP contribution < -0.4 is 10.2 Å². The Balaban J connectivity index is 1.14. The van der Waals surface area contributed by atoms with E-state index in [1.165, 1.54) is 4.90 Å². The number of nitrogens with zero attached hydrogens (tertiary/aromatic N) is 1. The number of furan rings is 2. The number of nitrogens with one attached hydrogen (secondary N) is 1. The van der Waals surface area contributed by atoms with Gasteiger partial charge in [-0.25, -0.2) is 0 Å². The largest absolute Gasteiger partial charge is 0.456 e. The number of anilines is 5. The van der Waals surface area contributed by atoms with E-state index in [0.29, 0.717) is 5.25 Å². The number of hydrogen-bond acceptors (Lipinski definition) is 5. The van der Waals surface area contributed by atoms with Crippen LogP contribution in [0, 0.1) is 0 Å². The van der Waals surface area contributed by atoms with Crippen LogP contribution in [0.2, 0.25) is 0 Å². The Morgan fingerprint density at radius 3 is 1.79 bits per heavy atom. The molecule has 0 bridgehead atoms. The van der Waals surface area contributed by atoms with E-state index in [1.54, 1.807) is 0 Å². The standard InChI is InChI=1S/C43H32N2O2S/c1-27(2)48-43-16-10-9-15-38(43)45(32-13-7-4-8-14-32)33-18-20-35-37-22-28-21-36-34-19-17-31(44-30-11-5-3-6-12-30)25-41(34)46-39(36)23-29(28)24-40(37)47-42(35)26-33/h3-27,44H,1-2H3. The summed E-state index contributed by atoms with van der Waals surface area (Å²) in [4.78, 5) is 3.57. The molecule has 2 heterocycles. The van der Waals surface area contributed by atoms with Crippen molar-refractivity contribution in [1.82, 2.24) is 0 Å². The molecule has 0 saturated heterocycles. The summed E-state index contributed by atoms with van der Waals surface area (Å²) < 4.78 is 13.0. The van der Waals surface area contributed by atoms with Gasteiger partial charge >= 0.3 is 0 Å². The molecule has 5 heteroatoms. The Labute approximate surface area is 282 Å². The Kier molecular flexibility index (Phi) is 6.87. The van der Waals surface area contributed by atoms with Crippen molar-refractivity contribution in [2.24, 2.45) is 0 Å². The molecule has 0 spiro atoms. The SMILES string of the molecule is CC(C)Sc1ccccc1N(c1ccccc1)c1ccc2c(c1)oc1cc3cc4oc5cc(Nc6ccccc6)ccc5c4cc3cc12. The molecule has 0 fully saturated rings. The lowest BCUT2D eigenvalue weighted by atomic mass is 10.0. The molecular formula is C43H32N2O2S. The summed E-state index contributed by atoms with van der Waals surface area (Å²) in [5, 5.41) is 10.6. The molecule has 0 saturated carbocycles. The average molecular weight is 641 g/mol. The Hall–Kier alpha value is -5.65. The van der Waals surface area contributed by atoms with Crippen LogP contribution in [0.1, 0.15) is 13.8 Å². The molecule has 4 nitrogen and oxygen atoms in total. The van der Waals surface area contributed by atoms with Crippen molar-refractivity contribution >= 4 is 94.8 Å². The predicted octanol–water partition coefficient (Wildman–Crippen LogP) is 13.4. The molecule has 0 aliphatic heterocycles. The van der Waals surface area contributed by atoms with Crippen LogP contribution in [0.4, 0.5) is 28.4 Å². The lowest BCUT2D eigenvalue weighted by Gasteiger charge is -2.27. The highest BCUT2D eigenvalue weighted by atomic mass is 32.2. The van der Waals surface area contributed by atoms with Crippen molar-refractivity contribution < 1.29 is 8.83 Å². The van der Waals surface area contributed by atoms with Crippen molar-refractivity contribution in [2.45, 2.75) is 24.0 Å². The number of fused-ring (bicyclic) bond motifs is 7. The van der Waals surface area contributed by atoms with Crippen LogP contribution in [0.15, 0.2) is 159 Å². The van der Waals surface area contributed by atoms with Crippen molar-refractivity contribution in [2.75, 3.05) is 10.2 Å². The summed E-state index contributed by atoms with van der Waals surface area (Å²) in [6.07, 6.45) is 0. The first-order valence-electron chi connectivity index (χ1n) is 16.3. The third-order valence-electron chi connectivity index (χ3n) is 8.81. The summed E-state index contributed by atoms with van der Waals surface area (Å²) in [7, 11) is 0. The van der Waals surface area contributed by atoms with E-state index in [1.807, 2.05) is 30.0 Å². The quantitative estimate of drug-likeness (QED) is 0.176. The van der Waals surface area contributed by atoms with E-state index in [2.05, 4.69) is 151 Å². The lowest BCUT2D eigenvalue weighted by Crippen LogP contribution is -2.11. The Morgan fingerprint density at radius 2 is 1.08 bits per heavy atom. The topological polar surface area (TPSA) is 41.6 Å². The number of rotatable bonds is 7. The molecule has 1 N–H and O–H groups in total. The molecule has 0 radical (unpaired) electrons. The molecule has 48 heavy (non-hydrogen) atoms. The zero-order chi connectivity index (χ0) is 32.2. The highest BCUT2D eigenvalue weighted by Crippen LogP contribution is 2.44. The minimum Gasteiger partial charge on any atom is -0.456 e. The molecule has 0 aliphatic rings. The minimum atomic E-state index is 0.463. The van der Waals surface area contributed by atoms with Crippen molar-refractivity contribution in [3.05, 3.63) is 146 Å². The molecule has 9 rings (SSSR count). The van der Waals surface area contributed by atoms with Gasteiger partial charge in [0.2, 0.25) is 0 Å².